The Kier molecular flexibility index (Phi) is 5.56. The number of rotatable bonds is 6. The van der Waals surface area contributed by atoms with Gasteiger partial charge in [0.2, 0.25) is 0 Å². The number of ether oxygens (including phenoxy) is 2. The number of thioether (sulfide) groups is 1. The Morgan fingerprint density at radius 1 is 1.09 bits per heavy atom. The molecule has 5 rings (SSSR count). The van der Waals surface area contributed by atoms with Crippen molar-refractivity contribution in [2.75, 3.05) is 12.4 Å². The first-order valence-electron chi connectivity index (χ1n) is 10.2. The van der Waals surface area contributed by atoms with E-state index in [1.165, 1.54) is 0 Å². The predicted octanol–water partition coefficient (Wildman–Crippen LogP) is 5.73. The number of aromatic nitrogens is 2. The summed E-state index contributed by atoms with van der Waals surface area (Å²) in [6.45, 7) is 0. The minimum atomic E-state index is -0.179. The van der Waals surface area contributed by atoms with Gasteiger partial charge in [-0.15, -0.1) is 11.8 Å². The number of amides is 1. The van der Waals surface area contributed by atoms with Crippen LogP contribution in [-0.2, 0) is 5.75 Å². The van der Waals surface area contributed by atoms with Gasteiger partial charge in [-0.25, -0.2) is 0 Å². The number of anilines is 1. The summed E-state index contributed by atoms with van der Waals surface area (Å²) >= 11 is 1.78. The molecule has 0 fully saturated rings. The Morgan fingerprint density at radius 3 is 2.75 bits per heavy atom. The van der Waals surface area contributed by atoms with E-state index in [9.17, 15) is 4.79 Å². The van der Waals surface area contributed by atoms with E-state index in [1.54, 1.807) is 37.2 Å². The van der Waals surface area contributed by atoms with Gasteiger partial charge in [0.25, 0.3) is 5.91 Å². The molecular formula is C25H21N3O3S. The number of nitrogens with one attached hydrogen (secondary N) is 1. The molecule has 7 heteroatoms. The van der Waals surface area contributed by atoms with Gasteiger partial charge in [-0.05, 0) is 36.4 Å². The first-order chi connectivity index (χ1) is 15.7. The van der Waals surface area contributed by atoms with Crippen molar-refractivity contribution in [1.29, 1.82) is 0 Å². The smallest absolute Gasteiger partial charge is 0.257 e. The number of nitrogens with zero attached hydrogens (tertiary/aromatic N) is 2. The molecule has 1 atom stereocenters. The number of hydrogen-bond donors (Lipinski definition) is 1. The lowest BCUT2D eigenvalue weighted by Gasteiger charge is -2.13. The fourth-order valence-electron chi connectivity index (χ4n) is 3.74. The maximum Gasteiger partial charge on any atom is 0.257 e. The Bertz CT molecular complexity index is 1240. The summed E-state index contributed by atoms with van der Waals surface area (Å²) in [7, 11) is 1.58. The average Bonchev–Trinajstić information content (AvgIpc) is 3.43. The summed E-state index contributed by atoms with van der Waals surface area (Å²) in [4.78, 5) is 17.4. The molecule has 0 radical (unpaired) electrons. The van der Waals surface area contributed by atoms with Gasteiger partial charge in [-0.1, -0.05) is 24.3 Å². The van der Waals surface area contributed by atoms with Crippen LogP contribution in [0.5, 0.6) is 17.2 Å². The molecular weight excluding hydrogens is 422 g/mol. The molecule has 0 bridgehead atoms. The molecule has 160 valence electrons. The predicted molar refractivity (Wildman–Crippen MR) is 126 cm³/mol. The number of benzene rings is 2. The lowest BCUT2D eigenvalue weighted by atomic mass is 10.2. The molecule has 4 aromatic rings. The fraction of sp³-hybridized carbons (Fsp3) is 0.120. The third-order valence-electron chi connectivity index (χ3n) is 5.27. The summed E-state index contributed by atoms with van der Waals surface area (Å²) in [6.07, 6.45) is 5.60. The normalized spacial score (nSPS) is 14.6. The quantitative estimate of drug-likeness (QED) is 0.412. The number of carbonyl (C=O) groups excluding carboxylic acids is 1. The highest BCUT2D eigenvalue weighted by Crippen LogP contribution is 2.42. The number of para-hydroxylation sites is 1. The van der Waals surface area contributed by atoms with Crippen LogP contribution in [-0.4, -0.2) is 22.6 Å². The molecule has 2 aromatic heterocycles. The standard InChI is InChI=1S/C25H21N3O3S/c1-30-23-10-9-19(31-18-7-3-2-4-8-18)14-21(23)27-24(29)20-11-13-28-22(20)16-32-25(28)17-6-5-12-26-15-17/h2-15,25H,16H2,1H3,(H,27,29). The van der Waals surface area contributed by atoms with Crippen LogP contribution in [0, 0.1) is 0 Å². The highest BCUT2D eigenvalue weighted by atomic mass is 32.2. The maximum absolute atomic E-state index is 13.2. The minimum absolute atomic E-state index is 0.123. The van der Waals surface area contributed by atoms with Crippen molar-refractivity contribution in [2.45, 2.75) is 11.1 Å². The van der Waals surface area contributed by atoms with E-state index < -0.39 is 0 Å². The number of hydrogen-bond acceptors (Lipinski definition) is 5. The molecule has 6 nitrogen and oxygen atoms in total. The van der Waals surface area contributed by atoms with Crippen molar-refractivity contribution in [3.63, 3.8) is 0 Å². The van der Waals surface area contributed by atoms with Crippen LogP contribution in [0.2, 0.25) is 0 Å². The van der Waals surface area contributed by atoms with Crippen LogP contribution in [0.25, 0.3) is 0 Å². The second kappa shape index (κ2) is 8.80. The van der Waals surface area contributed by atoms with Crippen molar-refractivity contribution in [3.05, 3.63) is 102 Å². The van der Waals surface area contributed by atoms with Gasteiger partial charge in [0.05, 0.1) is 18.4 Å². The number of fused-ring (bicyclic) bond motifs is 1. The Hall–Kier alpha value is -3.71. The molecule has 0 spiro atoms. The molecule has 0 saturated heterocycles. The zero-order chi connectivity index (χ0) is 21.9. The molecule has 3 heterocycles. The summed E-state index contributed by atoms with van der Waals surface area (Å²) in [5, 5.41) is 3.12. The molecule has 1 aliphatic rings. The van der Waals surface area contributed by atoms with E-state index in [4.69, 9.17) is 9.47 Å². The number of methoxy groups -OCH3 is 1. The topological polar surface area (TPSA) is 65.4 Å². The van der Waals surface area contributed by atoms with Crippen LogP contribution in [0.1, 0.15) is 27.0 Å². The molecule has 1 N–H and O–H groups in total. The van der Waals surface area contributed by atoms with E-state index in [0.717, 1.165) is 22.8 Å². The van der Waals surface area contributed by atoms with Crippen LogP contribution in [0.4, 0.5) is 5.69 Å². The van der Waals surface area contributed by atoms with Gasteiger partial charge in [0.15, 0.2) is 0 Å². The summed E-state index contributed by atoms with van der Waals surface area (Å²) < 4.78 is 13.5. The summed E-state index contributed by atoms with van der Waals surface area (Å²) in [6, 6.07) is 20.7. The second-order valence-electron chi connectivity index (χ2n) is 7.26. The Balaban J connectivity index is 1.38. The summed E-state index contributed by atoms with van der Waals surface area (Å²) in [5.74, 6) is 2.47. The minimum Gasteiger partial charge on any atom is -0.495 e. The number of pyridine rings is 1. The molecule has 1 amide bonds. The highest BCUT2D eigenvalue weighted by molar-refractivity contribution is 7.99. The second-order valence-corrected chi connectivity index (χ2v) is 8.33. The molecule has 1 aliphatic heterocycles. The lowest BCUT2D eigenvalue weighted by Crippen LogP contribution is -2.14. The van der Waals surface area contributed by atoms with Gasteiger partial charge in [0.1, 0.15) is 22.6 Å². The first kappa shape index (κ1) is 20.2. The first-order valence-corrected chi connectivity index (χ1v) is 11.2. The van der Waals surface area contributed by atoms with Gasteiger partial charge < -0.3 is 19.4 Å². The highest BCUT2D eigenvalue weighted by Gasteiger charge is 2.28. The van der Waals surface area contributed by atoms with Crippen molar-refractivity contribution in [3.8, 4) is 17.2 Å². The zero-order valence-electron chi connectivity index (χ0n) is 17.4. The van der Waals surface area contributed by atoms with Gasteiger partial charge in [0, 0.05) is 41.7 Å². The molecule has 0 aliphatic carbocycles. The summed E-state index contributed by atoms with van der Waals surface area (Å²) in [5.41, 5.74) is 3.32. The maximum atomic E-state index is 13.2. The molecule has 1 unspecified atom stereocenters. The van der Waals surface area contributed by atoms with Crippen molar-refractivity contribution in [1.82, 2.24) is 9.55 Å². The van der Waals surface area contributed by atoms with Crippen LogP contribution in [0.3, 0.4) is 0 Å². The number of carbonyl (C=O) groups is 1. The SMILES string of the molecule is COc1ccc(Oc2ccccc2)cc1NC(=O)c1ccn2c1CSC2c1cccnc1. The van der Waals surface area contributed by atoms with E-state index in [-0.39, 0.29) is 11.3 Å². The fourth-order valence-corrected chi connectivity index (χ4v) is 5.05. The average molecular weight is 444 g/mol. The van der Waals surface area contributed by atoms with Crippen LogP contribution < -0.4 is 14.8 Å². The van der Waals surface area contributed by atoms with Crippen LogP contribution in [0.15, 0.2) is 85.3 Å². The Morgan fingerprint density at radius 2 is 1.97 bits per heavy atom. The van der Waals surface area contributed by atoms with E-state index >= 15 is 0 Å². The molecule has 2 aromatic carbocycles. The third-order valence-corrected chi connectivity index (χ3v) is 6.52. The monoisotopic (exact) mass is 443 g/mol. The van der Waals surface area contributed by atoms with Crippen molar-refractivity contribution < 1.29 is 14.3 Å². The Labute approximate surface area is 190 Å². The largest absolute Gasteiger partial charge is 0.495 e. The van der Waals surface area contributed by atoms with E-state index in [1.807, 2.05) is 60.9 Å². The molecule has 32 heavy (non-hydrogen) atoms. The molecule has 0 saturated carbocycles. The van der Waals surface area contributed by atoms with E-state index in [0.29, 0.717) is 22.7 Å². The zero-order valence-corrected chi connectivity index (χ0v) is 18.2. The van der Waals surface area contributed by atoms with Crippen molar-refractivity contribution in [2.24, 2.45) is 0 Å². The van der Waals surface area contributed by atoms with Crippen LogP contribution >= 0.6 is 11.8 Å². The van der Waals surface area contributed by atoms with E-state index in [2.05, 4.69) is 20.9 Å². The third kappa shape index (κ3) is 3.94. The van der Waals surface area contributed by atoms with Crippen molar-refractivity contribution >= 4 is 23.4 Å². The van der Waals surface area contributed by atoms with Gasteiger partial charge >= 0.3 is 0 Å². The van der Waals surface area contributed by atoms with Gasteiger partial charge in [-0.2, -0.15) is 0 Å². The van der Waals surface area contributed by atoms with Gasteiger partial charge in [-0.3, -0.25) is 9.78 Å². The lowest BCUT2D eigenvalue weighted by molar-refractivity contribution is 0.102.